The van der Waals surface area contributed by atoms with Gasteiger partial charge in [-0.3, -0.25) is 14.6 Å². The Balaban J connectivity index is 2.20. The minimum atomic E-state index is -3.82. The predicted molar refractivity (Wildman–Crippen MR) is 103 cm³/mol. The molecule has 0 spiro atoms. The summed E-state index contributed by atoms with van der Waals surface area (Å²) in [7, 11) is -2.35. The predicted octanol–water partition coefficient (Wildman–Crippen LogP) is 0.784. The lowest BCUT2D eigenvalue weighted by Gasteiger charge is -2.18. The molecule has 28 heavy (non-hydrogen) atoms. The highest BCUT2D eigenvalue weighted by Crippen LogP contribution is 2.28. The number of carbonyl (C=O) groups excluding carboxylic acids is 2. The highest BCUT2D eigenvalue weighted by Gasteiger charge is 2.30. The number of sulfone groups is 1. The molecule has 9 heteroatoms. The van der Waals surface area contributed by atoms with Gasteiger partial charge in [-0.15, -0.1) is 0 Å². The number of nitrogens with one attached hydrogen (secondary N) is 2. The SMILES string of the molecule is COCCNC(=O)C(=O)NC[C@@H](c1cccnc1)S(=O)(=O)c1ccc(C)cc1. The summed E-state index contributed by atoms with van der Waals surface area (Å²) in [6, 6.07) is 9.69. The maximum atomic E-state index is 13.1. The van der Waals surface area contributed by atoms with Gasteiger partial charge in [-0.2, -0.15) is 0 Å². The fraction of sp³-hybridized carbons (Fsp3) is 0.316. The highest BCUT2D eigenvalue weighted by atomic mass is 32.2. The van der Waals surface area contributed by atoms with Crippen LogP contribution >= 0.6 is 0 Å². The van der Waals surface area contributed by atoms with E-state index in [4.69, 9.17) is 4.74 Å². The third-order valence-electron chi connectivity index (χ3n) is 4.03. The molecule has 0 radical (unpaired) electrons. The van der Waals surface area contributed by atoms with Crippen LogP contribution in [0.5, 0.6) is 0 Å². The molecule has 2 rings (SSSR count). The Bertz CT molecular complexity index is 899. The summed E-state index contributed by atoms with van der Waals surface area (Å²) in [6.07, 6.45) is 2.96. The van der Waals surface area contributed by atoms with Crippen LogP contribution in [-0.2, 0) is 24.2 Å². The number of carbonyl (C=O) groups is 2. The van der Waals surface area contributed by atoms with Crippen LogP contribution in [0, 0.1) is 6.92 Å². The van der Waals surface area contributed by atoms with Crippen LogP contribution in [0.1, 0.15) is 16.4 Å². The van der Waals surface area contributed by atoms with Gasteiger partial charge >= 0.3 is 11.8 Å². The Kier molecular flexibility index (Phi) is 7.65. The zero-order chi connectivity index (χ0) is 20.6. The number of ether oxygens (including phenoxy) is 1. The summed E-state index contributed by atoms with van der Waals surface area (Å²) in [6.45, 7) is 2.03. The Morgan fingerprint density at radius 3 is 2.39 bits per heavy atom. The van der Waals surface area contributed by atoms with Crippen molar-refractivity contribution >= 4 is 21.7 Å². The van der Waals surface area contributed by atoms with E-state index in [1.165, 1.54) is 31.6 Å². The number of nitrogens with zero attached hydrogens (tertiary/aromatic N) is 1. The van der Waals surface area contributed by atoms with Crippen LogP contribution in [0.4, 0.5) is 0 Å². The lowest BCUT2D eigenvalue weighted by molar-refractivity contribution is -0.139. The van der Waals surface area contributed by atoms with Gasteiger partial charge in [0.2, 0.25) is 0 Å². The van der Waals surface area contributed by atoms with Crippen molar-refractivity contribution in [2.45, 2.75) is 17.1 Å². The van der Waals surface area contributed by atoms with E-state index in [-0.39, 0.29) is 24.6 Å². The lowest BCUT2D eigenvalue weighted by atomic mass is 10.2. The number of amides is 2. The molecule has 1 heterocycles. The fourth-order valence-electron chi connectivity index (χ4n) is 2.48. The first-order chi connectivity index (χ1) is 13.4. The van der Waals surface area contributed by atoms with E-state index >= 15 is 0 Å². The molecule has 0 bridgehead atoms. The van der Waals surface area contributed by atoms with Crippen LogP contribution in [0.25, 0.3) is 0 Å². The average Bonchev–Trinajstić information content (AvgIpc) is 2.69. The van der Waals surface area contributed by atoms with Crippen molar-refractivity contribution in [1.29, 1.82) is 0 Å². The third kappa shape index (κ3) is 5.61. The number of aryl methyl sites for hydroxylation is 1. The van der Waals surface area contributed by atoms with Crippen LogP contribution in [0.15, 0.2) is 53.7 Å². The molecule has 0 unspecified atom stereocenters. The first-order valence-electron chi connectivity index (χ1n) is 8.61. The maximum Gasteiger partial charge on any atom is 0.309 e. The third-order valence-corrected chi connectivity index (χ3v) is 6.14. The van der Waals surface area contributed by atoms with E-state index in [0.29, 0.717) is 5.56 Å². The van der Waals surface area contributed by atoms with E-state index in [9.17, 15) is 18.0 Å². The standard InChI is InChI=1S/C19H23N3O5S/c1-14-5-7-16(8-6-14)28(25,26)17(15-4-3-9-20-12-15)13-22-19(24)18(23)21-10-11-27-2/h3-9,12,17H,10-11,13H2,1-2H3,(H,21,23)(H,22,24)/t17-/m0/s1. The Morgan fingerprint density at radius 2 is 1.79 bits per heavy atom. The van der Waals surface area contributed by atoms with Gasteiger partial charge in [0.05, 0.1) is 11.5 Å². The topological polar surface area (TPSA) is 114 Å². The largest absolute Gasteiger partial charge is 0.383 e. The molecule has 2 amide bonds. The van der Waals surface area contributed by atoms with Gasteiger partial charge < -0.3 is 15.4 Å². The molecule has 1 atom stereocenters. The monoisotopic (exact) mass is 405 g/mol. The summed E-state index contributed by atoms with van der Waals surface area (Å²) in [5, 5.41) is 3.70. The van der Waals surface area contributed by atoms with E-state index < -0.39 is 26.9 Å². The summed E-state index contributed by atoms with van der Waals surface area (Å²) in [5.41, 5.74) is 1.35. The van der Waals surface area contributed by atoms with Gasteiger partial charge in [-0.1, -0.05) is 23.8 Å². The minimum Gasteiger partial charge on any atom is -0.383 e. The van der Waals surface area contributed by atoms with Crippen LogP contribution in [-0.4, -0.2) is 52.0 Å². The molecule has 0 fully saturated rings. The van der Waals surface area contributed by atoms with E-state index in [1.54, 1.807) is 24.3 Å². The molecule has 0 aliphatic carbocycles. The van der Waals surface area contributed by atoms with Crippen LogP contribution < -0.4 is 10.6 Å². The van der Waals surface area contributed by atoms with E-state index in [0.717, 1.165) is 5.56 Å². The molecule has 8 nitrogen and oxygen atoms in total. The number of rotatable bonds is 8. The zero-order valence-electron chi connectivity index (χ0n) is 15.7. The smallest absolute Gasteiger partial charge is 0.309 e. The number of benzene rings is 1. The molecular formula is C19H23N3O5S. The quantitative estimate of drug-likeness (QED) is 0.496. The second-order valence-corrected chi connectivity index (χ2v) is 8.22. The molecule has 2 N–H and O–H groups in total. The number of hydrogen-bond donors (Lipinski definition) is 2. The summed E-state index contributed by atoms with van der Waals surface area (Å²) in [5.74, 6) is -1.76. The number of pyridine rings is 1. The van der Waals surface area contributed by atoms with Crippen molar-refractivity contribution < 1.29 is 22.7 Å². The van der Waals surface area contributed by atoms with Gasteiger partial charge in [0.15, 0.2) is 9.84 Å². The molecule has 2 aromatic rings. The van der Waals surface area contributed by atoms with Crippen LogP contribution in [0.2, 0.25) is 0 Å². The summed E-state index contributed by atoms with van der Waals surface area (Å²) < 4.78 is 31.1. The molecule has 1 aromatic heterocycles. The van der Waals surface area contributed by atoms with Gasteiger partial charge in [-0.25, -0.2) is 8.42 Å². The number of hydrogen-bond acceptors (Lipinski definition) is 6. The molecule has 0 aliphatic rings. The maximum absolute atomic E-state index is 13.1. The first kappa shape index (κ1) is 21.5. The van der Waals surface area contributed by atoms with Gasteiger partial charge in [0.1, 0.15) is 5.25 Å². The van der Waals surface area contributed by atoms with Crippen molar-refractivity contribution in [3.05, 3.63) is 59.9 Å². The zero-order valence-corrected chi connectivity index (χ0v) is 16.5. The summed E-state index contributed by atoms with van der Waals surface area (Å²) >= 11 is 0. The molecule has 150 valence electrons. The second-order valence-electron chi connectivity index (χ2n) is 6.09. The molecule has 0 aliphatic heterocycles. The van der Waals surface area contributed by atoms with Gasteiger partial charge in [-0.05, 0) is 30.7 Å². The molecule has 0 saturated carbocycles. The normalized spacial score (nSPS) is 12.2. The fourth-order valence-corrected chi connectivity index (χ4v) is 4.12. The van der Waals surface area contributed by atoms with Crippen molar-refractivity contribution in [3.63, 3.8) is 0 Å². The van der Waals surface area contributed by atoms with Gasteiger partial charge in [0, 0.05) is 32.6 Å². The van der Waals surface area contributed by atoms with E-state index in [2.05, 4.69) is 15.6 Å². The van der Waals surface area contributed by atoms with Crippen molar-refractivity contribution in [2.24, 2.45) is 0 Å². The Hall–Kier alpha value is -2.78. The first-order valence-corrected chi connectivity index (χ1v) is 10.2. The van der Waals surface area contributed by atoms with Crippen molar-refractivity contribution in [1.82, 2.24) is 15.6 Å². The van der Waals surface area contributed by atoms with Crippen molar-refractivity contribution in [2.75, 3.05) is 26.8 Å². The number of methoxy groups -OCH3 is 1. The number of aromatic nitrogens is 1. The second kappa shape index (κ2) is 9.95. The molecular weight excluding hydrogens is 382 g/mol. The highest BCUT2D eigenvalue weighted by molar-refractivity contribution is 7.91. The molecule has 1 aromatic carbocycles. The summed E-state index contributed by atoms with van der Waals surface area (Å²) in [4.78, 5) is 27.9. The van der Waals surface area contributed by atoms with Gasteiger partial charge in [0.25, 0.3) is 0 Å². The van der Waals surface area contributed by atoms with Crippen LogP contribution in [0.3, 0.4) is 0 Å². The average molecular weight is 405 g/mol. The van der Waals surface area contributed by atoms with Crippen molar-refractivity contribution in [3.8, 4) is 0 Å². The molecule has 0 saturated heterocycles. The Morgan fingerprint density at radius 1 is 1.11 bits per heavy atom. The lowest BCUT2D eigenvalue weighted by Crippen LogP contribution is -2.43. The van der Waals surface area contributed by atoms with E-state index in [1.807, 2.05) is 6.92 Å². The Labute approximate surface area is 164 Å². The minimum absolute atomic E-state index is 0.130.